The van der Waals surface area contributed by atoms with Crippen molar-refractivity contribution >= 4 is 5.71 Å². The number of nitrogens with zero attached hydrogens (tertiary/aromatic N) is 1. The zero-order chi connectivity index (χ0) is 17.2. The van der Waals surface area contributed by atoms with Crippen molar-refractivity contribution in [2.45, 2.75) is 93.6 Å². The number of hydrogen-bond donors (Lipinski definition) is 0. The van der Waals surface area contributed by atoms with E-state index in [9.17, 15) is 0 Å². The minimum atomic E-state index is 0.162. The molecule has 0 aliphatic heterocycles. The molecule has 128 valence electrons. The Kier molecular flexibility index (Phi) is 10.1. The molecule has 0 rings (SSSR count). The monoisotopic (exact) mass is 307 g/mol. The molecule has 0 fully saturated rings. The van der Waals surface area contributed by atoms with Crippen LogP contribution in [-0.4, -0.2) is 11.8 Å². The molecule has 0 aliphatic rings. The van der Waals surface area contributed by atoms with Crippen LogP contribution in [0.2, 0.25) is 0 Å². The minimum absolute atomic E-state index is 0.162. The van der Waals surface area contributed by atoms with Crippen molar-refractivity contribution < 1.29 is 4.84 Å². The van der Waals surface area contributed by atoms with Crippen LogP contribution in [-0.2, 0) is 4.84 Å². The predicted octanol–water partition coefficient (Wildman–Crippen LogP) is 6.68. The van der Waals surface area contributed by atoms with E-state index in [-0.39, 0.29) is 6.10 Å². The van der Waals surface area contributed by atoms with Gasteiger partial charge in [0.05, 0.1) is 5.71 Å². The third kappa shape index (κ3) is 13.9. The minimum Gasteiger partial charge on any atom is -0.393 e. The van der Waals surface area contributed by atoms with Gasteiger partial charge in [-0.3, -0.25) is 0 Å². The fourth-order valence-corrected chi connectivity index (χ4v) is 1.85. The number of allylic oxidation sites excluding steroid dienone is 4. The molecule has 0 amide bonds. The van der Waals surface area contributed by atoms with Crippen molar-refractivity contribution in [3.05, 3.63) is 23.3 Å². The van der Waals surface area contributed by atoms with E-state index in [4.69, 9.17) is 4.84 Å². The van der Waals surface area contributed by atoms with Gasteiger partial charge in [-0.2, -0.15) is 0 Å². The standard InChI is InChI=1S/C20H37NO/c1-16(2)22-21-19(5)13-12-17(3)10-9-11-18(4)14-15-20(6,7)8/h10,14,16H,9,11-13,15H2,1-8H3/b17-10+,18-14+,21-19+. The van der Waals surface area contributed by atoms with Crippen LogP contribution in [0, 0.1) is 5.41 Å². The molecule has 0 aromatic carbocycles. The topological polar surface area (TPSA) is 21.6 Å². The summed E-state index contributed by atoms with van der Waals surface area (Å²) >= 11 is 0. The lowest BCUT2D eigenvalue weighted by Crippen LogP contribution is -2.02. The van der Waals surface area contributed by atoms with Gasteiger partial charge in [0.25, 0.3) is 0 Å². The molecule has 0 aliphatic carbocycles. The third-order valence-electron chi connectivity index (χ3n) is 3.39. The Morgan fingerprint density at radius 2 is 1.55 bits per heavy atom. The fourth-order valence-electron chi connectivity index (χ4n) is 1.85. The zero-order valence-corrected chi connectivity index (χ0v) is 16.1. The largest absolute Gasteiger partial charge is 0.393 e. The lowest BCUT2D eigenvalue weighted by molar-refractivity contribution is 0.0853. The van der Waals surface area contributed by atoms with Crippen LogP contribution in [0.15, 0.2) is 28.5 Å². The molecular formula is C20H37NO. The molecule has 0 aromatic heterocycles. The first-order chi connectivity index (χ1) is 10.1. The summed E-state index contributed by atoms with van der Waals surface area (Å²) < 4.78 is 0. The van der Waals surface area contributed by atoms with Gasteiger partial charge >= 0.3 is 0 Å². The molecule has 0 atom stereocenters. The second kappa shape index (κ2) is 10.6. The number of oxime groups is 1. The van der Waals surface area contributed by atoms with Gasteiger partial charge in [0.1, 0.15) is 6.10 Å². The van der Waals surface area contributed by atoms with E-state index in [0.717, 1.165) is 37.8 Å². The quantitative estimate of drug-likeness (QED) is 0.264. The molecule has 0 unspecified atom stereocenters. The van der Waals surface area contributed by atoms with Crippen molar-refractivity contribution in [1.29, 1.82) is 0 Å². The van der Waals surface area contributed by atoms with Gasteiger partial charge < -0.3 is 4.84 Å². The molecule has 22 heavy (non-hydrogen) atoms. The van der Waals surface area contributed by atoms with Gasteiger partial charge in [0.2, 0.25) is 0 Å². The first kappa shape index (κ1) is 20.9. The van der Waals surface area contributed by atoms with E-state index >= 15 is 0 Å². The highest BCUT2D eigenvalue weighted by Crippen LogP contribution is 2.21. The Morgan fingerprint density at radius 1 is 0.955 bits per heavy atom. The summed E-state index contributed by atoms with van der Waals surface area (Å²) in [6.45, 7) is 17.3. The molecule has 0 N–H and O–H groups in total. The summed E-state index contributed by atoms with van der Waals surface area (Å²) in [5.74, 6) is 0. The van der Waals surface area contributed by atoms with E-state index in [2.05, 4.69) is 51.9 Å². The Balaban J connectivity index is 4.06. The van der Waals surface area contributed by atoms with Crippen LogP contribution < -0.4 is 0 Å². The second-order valence-corrected chi connectivity index (χ2v) is 7.89. The Bertz CT molecular complexity index is 394. The Hall–Kier alpha value is -1.05. The molecule has 0 spiro atoms. The molecule has 0 radical (unpaired) electrons. The van der Waals surface area contributed by atoms with Gasteiger partial charge in [0.15, 0.2) is 0 Å². The van der Waals surface area contributed by atoms with Crippen LogP contribution >= 0.6 is 0 Å². The summed E-state index contributed by atoms with van der Waals surface area (Å²) in [6, 6.07) is 0. The maximum atomic E-state index is 5.26. The molecule has 0 saturated heterocycles. The second-order valence-electron chi connectivity index (χ2n) is 7.89. The first-order valence-electron chi connectivity index (χ1n) is 8.60. The fraction of sp³-hybridized carbons (Fsp3) is 0.750. The van der Waals surface area contributed by atoms with Gasteiger partial charge in [-0.1, -0.05) is 49.2 Å². The zero-order valence-electron chi connectivity index (χ0n) is 16.1. The van der Waals surface area contributed by atoms with Crippen molar-refractivity contribution in [1.82, 2.24) is 0 Å². The summed E-state index contributed by atoms with van der Waals surface area (Å²) in [4.78, 5) is 5.26. The highest BCUT2D eigenvalue weighted by atomic mass is 16.6. The van der Waals surface area contributed by atoms with Crippen LogP contribution in [0.5, 0.6) is 0 Å². The van der Waals surface area contributed by atoms with Gasteiger partial charge in [0, 0.05) is 0 Å². The van der Waals surface area contributed by atoms with Crippen LogP contribution in [0.3, 0.4) is 0 Å². The van der Waals surface area contributed by atoms with Crippen molar-refractivity contribution in [2.75, 3.05) is 0 Å². The van der Waals surface area contributed by atoms with E-state index in [0.29, 0.717) is 5.41 Å². The van der Waals surface area contributed by atoms with Crippen molar-refractivity contribution in [2.24, 2.45) is 10.6 Å². The average molecular weight is 308 g/mol. The van der Waals surface area contributed by atoms with Crippen LogP contribution in [0.4, 0.5) is 0 Å². The highest BCUT2D eigenvalue weighted by Gasteiger charge is 2.07. The summed E-state index contributed by atoms with van der Waals surface area (Å²) in [5.41, 5.74) is 4.41. The molecular weight excluding hydrogens is 270 g/mol. The van der Waals surface area contributed by atoms with Crippen molar-refractivity contribution in [3.63, 3.8) is 0 Å². The Labute approximate surface area is 138 Å². The highest BCUT2D eigenvalue weighted by molar-refractivity contribution is 5.81. The summed E-state index contributed by atoms with van der Waals surface area (Å²) in [7, 11) is 0. The van der Waals surface area contributed by atoms with Gasteiger partial charge in [-0.05, 0) is 72.1 Å². The molecule has 2 heteroatoms. The van der Waals surface area contributed by atoms with Crippen LogP contribution in [0.1, 0.15) is 87.5 Å². The maximum Gasteiger partial charge on any atom is 0.122 e. The molecule has 0 bridgehead atoms. The third-order valence-corrected chi connectivity index (χ3v) is 3.39. The molecule has 0 heterocycles. The number of rotatable bonds is 9. The number of hydrogen-bond acceptors (Lipinski definition) is 2. The SMILES string of the molecule is C/C(=C\CC(C)(C)C)CC/C=C(\C)CC/C(C)=N/OC(C)C. The van der Waals surface area contributed by atoms with E-state index < -0.39 is 0 Å². The van der Waals surface area contributed by atoms with E-state index in [1.807, 2.05) is 20.8 Å². The molecule has 2 nitrogen and oxygen atoms in total. The van der Waals surface area contributed by atoms with Crippen molar-refractivity contribution in [3.8, 4) is 0 Å². The van der Waals surface area contributed by atoms with Gasteiger partial charge in [-0.25, -0.2) is 0 Å². The average Bonchev–Trinajstić information content (AvgIpc) is 2.39. The van der Waals surface area contributed by atoms with Crippen LogP contribution in [0.25, 0.3) is 0 Å². The summed E-state index contributed by atoms with van der Waals surface area (Å²) in [6.07, 6.45) is 10.4. The molecule has 0 aromatic rings. The van der Waals surface area contributed by atoms with E-state index in [1.165, 1.54) is 11.1 Å². The smallest absolute Gasteiger partial charge is 0.122 e. The first-order valence-corrected chi connectivity index (χ1v) is 8.60. The summed E-state index contributed by atoms with van der Waals surface area (Å²) in [5, 5.41) is 4.13. The predicted molar refractivity (Wildman–Crippen MR) is 99.4 cm³/mol. The lowest BCUT2D eigenvalue weighted by Gasteiger charge is -2.15. The Morgan fingerprint density at radius 3 is 2.09 bits per heavy atom. The lowest BCUT2D eigenvalue weighted by atomic mass is 9.91. The molecule has 0 saturated carbocycles. The maximum absolute atomic E-state index is 5.26. The normalized spacial score (nSPS) is 14.7. The van der Waals surface area contributed by atoms with Gasteiger partial charge in [-0.15, -0.1) is 0 Å². The van der Waals surface area contributed by atoms with E-state index in [1.54, 1.807) is 0 Å².